The number of thioether (sulfide) groups is 1. The molecule has 2 aromatic carbocycles. The molecule has 2 N–H and O–H groups in total. The van der Waals surface area contributed by atoms with Crippen molar-refractivity contribution in [3.63, 3.8) is 0 Å². The van der Waals surface area contributed by atoms with Crippen LogP contribution in [-0.2, 0) is 16.0 Å². The number of carbonyl (C=O) groups excluding carboxylic acids is 2. The van der Waals surface area contributed by atoms with Crippen LogP contribution in [0.15, 0.2) is 53.4 Å². The summed E-state index contributed by atoms with van der Waals surface area (Å²) in [6, 6.07) is 15.7. The summed E-state index contributed by atoms with van der Waals surface area (Å²) in [5.74, 6) is -0.0636. The molecule has 0 saturated heterocycles. The van der Waals surface area contributed by atoms with Crippen LogP contribution in [0.2, 0.25) is 0 Å². The summed E-state index contributed by atoms with van der Waals surface area (Å²) in [6.07, 6.45) is 0.835. The molecular weight excluding hydrogens is 332 g/mol. The molecule has 0 bridgehead atoms. The van der Waals surface area contributed by atoms with Gasteiger partial charge in [-0.1, -0.05) is 24.3 Å². The minimum Gasteiger partial charge on any atom is -0.355 e. The number of carbonyl (C=O) groups is 2. The first-order valence-corrected chi connectivity index (χ1v) is 9.20. The van der Waals surface area contributed by atoms with E-state index >= 15 is 0 Å². The van der Waals surface area contributed by atoms with Gasteiger partial charge in [0, 0.05) is 24.1 Å². The summed E-state index contributed by atoms with van der Waals surface area (Å²) in [5, 5.41) is 5.55. The van der Waals surface area contributed by atoms with Crippen LogP contribution in [0.1, 0.15) is 25.0 Å². The lowest BCUT2D eigenvalue weighted by Gasteiger charge is -2.13. The van der Waals surface area contributed by atoms with Crippen molar-refractivity contribution in [1.82, 2.24) is 5.32 Å². The van der Waals surface area contributed by atoms with Crippen LogP contribution in [0.4, 0.5) is 5.69 Å². The van der Waals surface area contributed by atoms with Gasteiger partial charge in [-0.05, 0) is 55.7 Å². The van der Waals surface area contributed by atoms with E-state index in [1.165, 1.54) is 29.8 Å². The molecule has 0 aliphatic heterocycles. The Morgan fingerprint density at radius 1 is 1.08 bits per heavy atom. The van der Waals surface area contributed by atoms with E-state index in [4.69, 9.17) is 0 Å². The fraction of sp³-hybridized carbons (Fsp3) is 0.300. The summed E-state index contributed by atoms with van der Waals surface area (Å²) in [4.78, 5) is 24.3. The molecular formula is C20H24N2O2S. The first-order valence-electron chi connectivity index (χ1n) is 8.32. The van der Waals surface area contributed by atoms with Crippen LogP contribution in [-0.4, -0.2) is 23.6 Å². The predicted molar refractivity (Wildman–Crippen MR) is 104 cm³/mol. The lowest BCUT2D eigenvalue weighted by Crippen LogP contribution is -2.32. The number of aryl methyl sites for hydroxylation is 1. The van der Waals surface area contributed by atoms with Gasteiger partial charge >= 0.3 is 0 Å². The number of rotatable bonds is 7. The van der Waals surface area contributed by atoms with E-state index in [0.29, 0.717) is 6.54 Å². The molecule has 0 heterocycles. The van der Waals surface area contributed by atoms with Gasteiger partial charge in [-0.25, -0.2) is 0 Å². The zero-order chi connectivity index (χ0) is 18.2. The highest BCUT2D eigenvalue weighted by Crippen LogP contribution is 2.24. The highest BCUT2D eigenvalue weighted by molar-refractivity contribution is 8.00. The van der Waals surface area contributed by atoms with Gasteiger partial charge < -0.3 is 10.6 Å². The van der Waals surface area contributed by atoms with Crippen LogP contribution in [0.5, 0.6) is 0 Å². The van der Waals surface area contributed by atoms with Gasteiger partial charge in [0.05, 0.1) is 5.25 Å². The Kier molecular flexibility index (Phi) is 7.07. The van der Waals surface area contributed by atoms with Crippen LogP contribution in [0, 0.1) is 6.92 Å². The molecule has 0 aliphatic carbocycles. The average molecular weight is 356 g/mol. The zero-order valence-corrected chi connectivity index (χ0v) is 15.7. The first kappa shape index (κ1) is 19.1. The number of hydrogen-bond acceptors (Lipinski definition) is 3. The Balaban J connectivity index is 1.79. The van der Waals surface area contributed by atoms with Crippen LogP contribution < -0.4 is 10.6 Å². The average Bonchev–Trinajstić information content (AvgIpc) is 2.57. The summed E-state index contributed by atoms with van der Waals surface area (Å²) < 4.78 is 0. The molecule has 1 unspecified atom stereocenters. The van der Waals surface area contributed by atoms with E-state index in [9.17, 15) is 9.59 Å². The topological polar surface area (TPSA) is 58.2 Å². The van der Waals surface area contributed by atoms with Crippen molar-refractivity contribution in [2.24, 2.45) is 0 Å². The van der Waals surface area contributed by atoms with Gasteiger partial charge in [0.2, 0.25) is 11.8 Å². The van der Waals surface area contributed by atoms with Crippen molar-refractivity contribution in [3.05, 3.63) is 59.7 Å². The third-order valence-corrected chi connectivity index (χ3v) is 4.92. The largest absolute Gasteiger partial charge is 0.355 e. The molecule has 0 fully saturated rings. The molecule has 5 heteroatoms. The van der Waals surface area contributed by atoms with Crippen LogP contribution in [0.3, 0.4) is 0 Å². The smallest absolute Gasteiger partial charge is 0.233 e. The molecule has 4 nitrogen and oxygen atoms in total. The Morgan fingerprint density at radius 3 is 2.40 bits per heavy atom. The molecule has 2 aromatic rings. The highest BCUT2D eigenvalue weighted by Gasteiger charge is 2.14. The third-order valence-electron chi connectivity index (χ3n) is 3.81. The zero-order valence-electron chi connectivity index (χ0n) is 14.8. The highest BCUT2D eigenvalue weighted by atomic mass is 32.2. The minimum atomic E-state index is -0.177. The van der Waals surface area contributed by atoms with E-state index in [0.717, 1.165) is 17.0 Å². The predicted octanol–water partition coefficient (Wildman–Crippen LogP) is 3.79. The number of amides is 2. The summed E-state index contributed by atoms with van der Waals surface area (Å²) >= 11 is 1.50. The van der Waals surface area contributed by atoms with E-state index in [-0.39, 0.29) is 17.1 Å². The summed E-state index contributed by atoms with van der Waals surface area (Å²) in [6.45, 7) is 6.10. The molecule has 0 saturated carbocycles. The number of hydrogen-bond donors (Lipinski definition) is 2. The van der Waals surface area contributed by atoms with Gasteiger partial charge in [-0.3, -0.25) is 9.59 Å². The van der Waals surface area contributed by atoms with Gasteiger partial charge in [0.1, 0.15) is 0 Å². The van der Waals surface area contributed by atoms with Crippen LogP contribution >= 0.6 is 11.8 Å². The maximum atomic E-state index is 12.2. The van der Waals surface area contributed by atoms with Crippen molar-refractivity contribution >= 4 is 29.3 Å². The maximum absolute atomic E-state index is 12.2. The molecule has 0 spiro atoms. The molecule has 0 radical (unpaired) electrons. The Labute approximate surface area is 153 Å². The number of nitrogens with one attached hydrogen (secondary N) is 2. The molecule has 132 valence electrons. The Morgan fingerprint density at radius 2 is 1.76 bits per heavy atom. The fourth-order valence-corrected chi connectivity index (χ4v) is 3.32. The Bertz CT molecular complexity index is 729. The lowest BCUT2D eigenvalue weighted by molar-refractivity contribution is -0.120. The maximum Gasteiger partial charge on any atom is 0.233 e. The SMILES string of the molecule is CC(=O)Nc1ccc(SC(C)C(=O)NCCc2ccccc2C)cc1. The first-order chi connectivity index (χ1) is 12.0. The van der Waals surface area contributed by atoms with Crippen molar-refractivity contribution < 1.29 is 9.59 Å². The lowest BCUT2D eigenvalue weighted by atomic mass is 10.1. The number of benzene rings is 2. The second-order valence-corrected chi connectivity index (χ2v) is 7.35. The van der Waals surface area contributed by atoms with Crippen molar-refractivity contribution in [2.45, 2.75) is 37.3 Å². The minimum absolute atomic E-state index is 0.0320. The van der Waals surface area contributed by atoms with E-state index in [1.54, 1.807) is 0 Å². The summed E-state index contributed by atoms with van der Waals surface area (Å²) in [7, 11) is 0. The molecule has 2 rings (SSSR count). The quantitative estimate of drug-likeness (QED) is 0.742. The van der Waals surface area contributed by atoms with Crippen LogP contribution in [0.25, 0.3) is 0 Å². The Hall–Kier alpha value is -2.27. The molecule has 25 heavy (non-hydrogen) atoms. The van der Waals surface area contributed by atoms with Gasteiger partial charge in [0.25, 0.3) is 0 Å². The van der Waals surface area contributed by atoms with Crippen molar-refractivity contribution in [1.29, 1.82) is 0 Å². The summed E-state index contributed by atoms with van der Waals surface area (Å²) in [5.41, 5.74) is 3.27. The van der Waals surface area contributed by atoms with E-state index in [1.807, 2.05) is 43.3 Å². The molecule has 1 atom stereocenters. The second-order valence-electron chi connectivity index (χ2n) is 5.93. The van der Waals surface area contributed by atoms with Gasteiger partial charge in [-0.2, -0.15) is 0 Å². The third kappa shape index (κ3) is 6.27. The van der Waals surface area contributed by atoms with Crippen molar-refractivity contribution in [3.8, 4) is 0 Å². The normalized spacial score (nSPS) is 11.6. The molecule has 0 aliphatic rings. The van der Waals surface area contributed by atoms with Crippen molar-refractivity contribution in [2.75, 3.05) is 11.9 Å². The standard InChI is InChI=1S/C20H24N2O2S/c1-14-6-4-5-7-17(14)12-13-21-20(24)15(2)25-19-10-8-18(9-11-19)22-16(3)23/h4-11,15H,12-13H2,1-3H3,(H,21,24)(H,22,23). The molecule has 0 aromatic heterocycles. The van der Waals surface area contributed by atoms with Gasteiger partial charge in [0.15, 0.2) is 0 Å². The molecule has 2 amide bonds. The second kappa shape index (κ2) is 9.28. The van der Waals surface area contributed by atoms with E-state index in [2.05, 4.69) is 29.7 Å². The van der Waals surface area contributed by atoms with Gasteiger partial charge in [-0.15, -0.1) is 11.8 Å². The fourth-order valence-electron chi connectivity index (χ4n) is 2.43. The number of anilines is 1. The van der Waals surface area contributed by atoms with E-state index < -0.39 is 0 Å². The monoisotopic (exact) mass is 356 g/mol.